The summed E-state index contributed by atoms with van der Waals surface area (Å²) in [5.74, 6) is 1.23. The van der Waals surface area contributed by atoms with Gasteiger partial charge in [0.1, 0.15) is 5.75 Å². The number of nitrogens with one attached hydrogen (secondary N) is 1. The molecule has 0 radical (unpaired) electrons. The van der Waals surface area contributed by atoms with Gasteiger partial charge >= 0.3 is 0 Å². The number of anilines is 2. The molecule has 0 aromatic heterocycles. The van der Waals surface area contributed by atoms with E-state index < -0.39 is 0 Å². The molecular weight excluding hydrogens is 336 g/mol. The normalized spacial score (nSPS) is 12.8. The average Bonchev–Trinajstić information content (AvgIpc) is 2.66. The van der Waals surface area contributed by atoms with Crippen LogP contribution in [0.4, 0.5) is 11.4 Å². The van der Waals surface area contributed by atoms with Gasteiger partial charge in [0, 0.05) is 18.3 Å². The van der Waals surface area contributed by atoms with E-state index in [1.54, 1.807) is 48.4 Å². The number of ether oxygens (including phenoxy) is 3. The quantitative estimate of drug-likeness (QED) is 0.860. The molecular formula is C19H20N2O5. The van der Waals surface area contributed by atoms with Crippen LogP contribution in [0, 0.1) is 0 Å². The minimum atomic E-state index is -0.310. The van der Waals surface area contributed by atoms with Crippen LogP contribution in [0.15, 0.2) is 42.5 Å². The van der Waals surface area contributed by atoms with Gasteiger partial charge in [0.15, 0.2) is 24.7 Å². The van der Waals surface area contributed by atoms with Crippen molar-refractivity contribution in [3.05, 3.63) is 42.5 Å². The van der Waals surface area contributed by atoms with Crippen molar-refractivity contribution < 1.29 is 23.8 Å². The van der Waals surface area contributed by atoms with Crippen molar-refractivity contribution in [2.75, 3.05) is 37.1 Å². The lowest BCUT2D eigenvalue weighted by Crippen LogP contribution is -2.38. The molecule has 2 aromatic rings. The average molecular weight is 356 g/mol. The maximum Gasteiger partial charge on any atom is 0.265 e. The van der Waals surface area contributed by atoms with E-state index in [0.29, 0.717) is 35.2 Å². The molecule has 1 aliphatic rings. The van der Waals surface area contributed by atoms with Gasteiger partial charge < -0.3 is 24.4 Å². The van der Waals surface area contributed by atoms with Crippen LogP contribution in [0.25, 0.3) is 0 Å². The van der Waals surface area contributed by atoms with Crippen molar-refractivity contribution in [3.8, 4) is 17.2 Å². The maximum absolute atomic E-state index is 12.1. The molecule has 2 amide bonds. The minimum absolute atomic E-state index is 0.00481. The summed E-state index contributed by atoms with van der Waals surface area (Å²) >= 11 is 0. The molecule has 0 fully saturated rings. The predicted octanol–water partition coefficient (Wildman–Crippen LogP) is 2.46. The summed E-state index contributed by atoms with van der Waals surface area (Å²) in [4.78, 5) is 25.6. The van der Waals surface area contributed by atoms with Gasteiger partial charge in [-0.25, -0.2) is 0 Å². The Balaban J connectivity index is 1.64. The molecule has 0 bridgehead atoms. The molecule has 0 saturated heterocycles. The Kier molecular flexibility index (Phi) is 5.26. The SMILES string of the molecule is CCN1C(=O)COc2cc(NC(=O)COc3ccccc3OC)ccc21. The third-order valence-corrected chi connectivity index (χ3v) is 3.93. The highest BCUT2D eigenvalue weighted by Gasteiger charge is 2.24. The molecule has 3 rings (SSSR count). The first-order valence-corrected chi connectivity index (χ1v) is 8.25. The van der Waals surface area contributed by atoms with E-state index in [1.807, 2.05) is 13.0 Å². The van der Waals surface area contributed by atoms with Gasteiger partial charge in [-0.2, -0.15) is 0 Å². The third-order valence-electron chi connectivity index (χ3n) is 3.93. The van der Waals surface area contributed by atoms with Gasteiger partial charge in [-0.1, -0.05) is 12.1 Å². The Labute approximate surface area is 151 Å². The van der Waals surface area contributed by atoms with Crippen LogP contribution in [0.3, 0.4) is 0 Å². The Bertz CT molecular complexity index is 821. The molecule has 1 aliphatic heterocycles. The molecule has 26 heavy (non-hydrogen) atoms. The highest BCUT2D eigenvalue weighted by atomic mass is 16.5. The summed E-state index contributed by atoms with van der Waals surface area (Å²) in [6.07, 6.45) is 0. The molecule has 0 atom stereocenters. The van der Waals surface area contributed by atoms with E-state index in [9.17, 15) is 9.59 Å². The smallest absolute Gasteiger partial charge is 0.265 e. The summed E-state index contributed by atoms with van der Waals surface area (Å²) in [6, 6.07) is 12.3. The van der Waals surface area contributed by atoms with Gasteiger partial charge in [-0.3, -0.25) is 9.59 Å². The third kappa shape index (κ3) is 3.72. The highest BCUT2D eigenvalue weighted by molar-refractivity contribution is 5.99. The van der Waals surface area contributed by atoms with Crippen LogP contribution in [0.2, 0.25) is 0 Å². The summed E-state index contributed by atoms with van der Waals surface area (Å²) in [7, 11) is 1.54. The molecule has 1 N–H and O–H groups in total. The first-order valence-electron chi connectivity index (χ1n) is 8.25. The molecule has 0 spiro atoms. The van der Waals surface area contributed by atoms with Crippen molar-refractivity contribution in [2.24, 2.45) is 0 Å². The number of para-hydroxylation sites is 2. The molecule has 136 valence electrons. The fourth-order valence-corrected chi connectivity index (χ4v) is 2.71. The zero-order chi connectivity index (χ0) is 18.5. The van der Waals surface area contributed by atoms with Crippen LogP contribution in [0.1, 0.15) is 6.92 Å². The van der Waals surface area contributed by atoms with Crippen molar-refractivity contribution in [2.45, 2.75) is 6.92 Å². The largest absolute Gasteiger partial charge is 0.493 e. The summed E-state index contributed by atoms with van der Waals surface area (Å²) in [6.45, 7) is 2.30. The standard InChI is InChI=1S/C19H20N2O5/c1-3-21-14-9-8-13(10-17(14)26-12-19(21)23)20-18(22)11-25-16-7-5-4-6-15(16)24-2/h4-10H,3,11-12H2,1-2H3,(H,20,22). The number of carbonyl (C=O) groups is 2. The summed E-state index contributed by atoms with van der Waals surface area (Å²) in [5, 5.41) is 2.76. The van der Waals surface area contributed by atoms with E-state index in [4.69, 9.17) is 14.2 Å². The number of hydrogen-bond donors (Lipinski definition) is 1. The highest BCUT2D eigenvalue weighted by Crippen LogP contribution is 2.34. The Morgan fingerprint density at radius 3 is 2.73 bits per heavy atom. The van der Waals surface area contributed by atoms with Gasteiger partial charge in [0.05, 0.1) is 12.8 Å². The molecule has 7 heteroatoms. The van der Waals surface area contributed by atoms with E-state index in [1.165, 1.54) is 0 Å². The lowest BCUT2D eigenvalue weighted by molar-refractivity contribution is -0.121. The molecule has 0 unspecified atom stereocenters. The van der Waals surface area contributed by atoms with Gasteiger partial charge in [0.2, 0.25) is 0 Å². The second-order valence-corrected chi connectivity index (χ2v) is 5.60. The zero-order valence-electron chi connectivity index (χ0n) is 14.7. The summed E-state index contributed by atoms with van der Waals surface area (Å²) < 4.78 is 16.1. The van der Waals surface area contributed by atoms with Crippen molar-refractivity contribution >= 4 is 23.2 Å². The van der Waals surface area contributed by atoms with Gasteiger partial charge in [-0.05, 0) is 31.2 Å². The van der Waals surface area contributed by atoms with Crippen molar-refractivity contribution in [1.82, 2.24) is 0 Å². The van der Waals surface area contributed by atoms with Gasteiger partial charge in [-0.15, -0.1) is 0 Å². The number of benzene rings is 2. The second kappa shape index (κ2) is 7.77. The van der Waals surface area contributed by atoms with Crippen LogP contribution >= 0.6 is 0 Å². The first-order chi connectivity index (χ1) is 12.6. The Hall–Kier alpha value is -3.22. The number of carbonyl (C=O) groups excluding carboxylic acids is 2. The van der Waals surface area contributed by atoms with E-state index in [0.717, 1.165) is 0 Å². The zero-order valence-corrected chi connectivity index (χ0v) is 14.7. The minimum Gasteiger partial charge on any atom is -0.493 e. The van der Waals surface area contributed by atoms with Gasteiger partial charge in [0.25, 0.3) is 11.8 Å². The lowest BCUT2D eigenvalue weighted by atomic mass is 10.2. The number of rotatable bonds is 6. The molecule has 0 saturated carbocycles. The van der Waals surface area contributed by atoms with Crippen LogP contribution in [0.5, 0.6) is 17.2 Å². The first kappa shape index (κ1) is 17.6. The van der Waals surface area contributed by atoms with E-state index in [2.05, 4.69) is 5.32 Å². The van der Waals surface area contributed by atoms with Crippen molar-refractivity contribution in [3.63, 3.8) is 0 Å². The number of nitrogens with zero attached hydrogens (tertiary/aromatic N) is 1. The maximum atomic E-state index is 12.1. The number of methoxy groups -OCH3 is 1. The van der Waals surface area contributed by atoms with Crippen LogP contribution < -0.4 is 24.4 Å². The fraction of sp³-hybridized carbons (Fsp3) is 0.263. The number of amides is 2. The summed E-state index contributed by atoms with van der Waals surface area (Å²) in [5.41, 5.74) is 1.27. The topological polar surface area (TPSA) is 77.1 Å². The monoisotopic (exact) mass is 356 g/mol. The molecule has 2 aromatic carbocycles. The van der Waals surface area contributed by atoms with Crippen LogP contribution in [-0.4, -0.2) is 38.7 Å². The fourth-order valence-electron chi connectivity index (χ4n) is 2.71. The van der Waals surface area contributed by atoms with E-state index >= 15 is 0 Å². The number of likely N-dealkylation sites (N-methyl/N-ethyl adjacent to an activating group) is 1. The Morgan fingerprint density at radius 2 is 2.00 bits per heavy atom. The lowest BCUT2D eigenvalue weighted by Gasteiger charge is -2.28. The number of hydrogen-bond acceptors (Lipinski definition) is 5. The molecule has 1 heterocycles. The second-order valence-electron chi connectivity index (χ2n) is 5.60. The molecule has 7 nitrogen and oxygen atoms in total. The molecule has 0 aliphatic carbocycles. The number of fused-ring (bicyclic) bond motifs is 1. The Morgan fingerprint density at radius 1 is 1.23 bits per heavy atom. The van der Waals surface area contributed by atoms with Crippen LogP contribution in [-0.2, 0) is 9.59 Å². The van der Waals surface area contributed by atoms with E-state index in [-0.39, 0.29) is 25.0 Å². The predicted molar refractivity (Wildman–Crippen MR) is 97.1 cm³/mol. The van der Waals surface area contributed by atoms with Crippen molar-refractivity contribution in [1.29, 1.82) is 0 Å².